The first-order chi connectivity index (χ1) is 14.1. The molecule has 0 fully saturated rings. The van der Waals surface area contributed by atoms with Crippen LogP contribution >= 0.6 is 11.8 Å². The number of imidazole rings is 1. The van der Waals surface area contributed by atoms with E-state index in [4.69, 9.17) is 9.47 Å². The smallest absolute Gasteiger partial charge is 0.230 e. The summed E-state index contributed by atoms with van der Waals surface area (Å²) in [5.74, 6) is 1.21. The third kappa shape index (κ3) is 5.58. The Kier molecular flexibility index (Phi) is 7.26. The Morgan fingerprint density at radius 3 is 2.45 bits per heavy atom. The fourth-order valence-electron chi connectivity index (χ4n) is 2.64. The first kappa shape index (κ1) is 20.9. The fourth-order valence-corrected chi connectivity index (χ4v) is 3.48. The van der Waals surface area contributed by atoms with Gasteiger partial charge in [-0.1, -0.05) is 11.8 Å². The highest BCUT2D eigenvalue weighted by atomic mass is 32.2. The first-order valence-electron chi connectivity index (χ1n) is 8.99. The van der Waals surface area contributed by atoms with Crippen molar-refractivity contribution in [2.75, 3.05) is 33.1 Å². The maximum Gasteiger partial charge on any atom is 0.230 e. The molecule has 0 atom stereocenters. The molecule has 0 radical (unpaired) electrons. The molecule has 1 amide bonds. The zero-order valence-electron chi connectivity index (χ0n) is 16.2. The van der Waals surface area contributed by atoms with Crippen molar-refractivity contribution in [3.63, 3.8) is 0 Å². The molecule has 0 spiro atoms. The van der Waals surface area contributed by atoms with Crippen LogP contribution in [-0.2, 0) is 9.53 Å². The van der Waals surface area contributed by atoms with E-state index in [2.05, 4.69) is 15.3 Å². The molecule has 0 aliphatic rings. The standard InChI is InChI=1S/C21H22FN3O3S/c1-27-12-11-23-18(26)13-29-21-19(14-3-7-16(22)8-4-14)24-20(25-21)15-5-9-17(28-2)10-6-15/h3-10H,11-13H2,1-2H3,(H,23,26)(H,24,25). The monoisotopic (exact) mass is 415 g/mol. The molecular weight excluding hydrogens is 393 g/mol. The van der Waals surface area contributed by atoms with Gasteiger partial charge in [-0.3, -0.25) is 4.79 Å². The van der Waals surface area contributed by atoms with Crippen molar-refractivity contribution in [3.8, 4) is 28.4 Å². The van der Waals surface area contributed by atoms with Crippen molar-refractivity contribution >= 4 is 17.7 Å². The Morgan fingerprint density at radius 2 is 1.79 bits per heavy atom. The van der Waals surface area contributed by atoms with Crippen molar-refractivity contribution in [2.24, 2.45) is 0 Å². The van der Waals surface area contributed by atoms with Crippen LogP contribution in [0.4, 0.5) is 4.39 Å². The zero-order valence-corrected chi connectivity index (χ0v) is 17.0. The fraction of sp³-hybridized carbons (Fsp3) is 0.238. The highest BCUT2D eigenvalue weighted by Crippen LogP contribution is 2.33. The van der Waals surface area contributed by atoms with Crippen LogP contribution < -0.4 is 10.1 Å². The van der Waals surface area contributed by atoms with Gasteiger partial charge in [-0.2, -0.15) is 0 Å². The molecule has 152 valence electrons. The van der Waals surface area contributed by atoms with Gasteiger partial charge in [-0.05, 0) is 48.5 Å². The van der Waals surface area contributed by atoms with Crippen LogP contribution in [0, 0.1) is 5.82 Å². The molecule has 1 heterocycles. The number of H-pyrrole nitrogens is 1. The number of aromatic amines is 1. The molecule has 0 bridgehead atoms. The number of hydrogen-bond acceptors (Lipinski definition) is 5. The predicted octanol–water partition coefficient (Wildman–Crippen LogP) is 3.75. The van der Waals surface area contributed by atoms with Crippen molar-refractivity contribution in [2.45, 2.75) is 5.03 Å². The van der Waals surface area contributed by atoms with Crippen LogP contribution in [0.3, 0.4) is 0 Å². The highest BCUT2D eigenvalue weighted by Gasteiger charge is 2.16. The van der Waals surface area contributed by atoms with E-state index in [1.54, 1.807) is 26.4 Å². The van der Waals surface area contributed by atoms with Gasteiger partial charge in [0.05, 0.1) is 25.2 Å². The summed E-state index contributed by atoms with van der Waals surface area (Å²) < 4.78 is 23.5. The molecular formula is C21H22FN3O3S. The second-order valence-electron chi connectivity index (χ2n) is 6.13. The van der Waals surface area contributed by atoms with Crippen LogP contribution in [0.5, 0.6) is 5.75 Å². The Hall–Kier alpha value is -2.84. The Balaban J connectivity index is 1.84. The van der Waals surface area contributed by atoms with Crippen LogP contribution in [0.2, 0.25) is 0 Å². The lowest BCUT2D eigenvalue weighted by Gasteiger charge is -2.05. The van der Waals surface area contributed by atoms with Crippen LogP contribution in [0.25, 0.3) is 22.6 Å². The van der Waals surface area contributed by atoms with Gasteiger partial charge in [0, 0.05) is 24.8 Å². The molecule has 3 aromatic rings. The molecule has 2 N–H and O–H groups in total. The second-order valence-corrected chi connectivity index (χ2v) is 7.10. The molecule has 1 aromatic heterocycles. The lowest BCUT2D eigenvalue weighted by atomic mass is 10.2. The molecule has 0 aliphatic carbocycles. The van der Waals surface area contributed by atoms with Gasteiger partial charge >= 0.3 is 0 Å². The molecule has 3 rings (SSSR count). The Morgan fingerprint density at radius 1 is 1.10 bits per heavy atom. The highest BCUT2D eigenvalue weighted by molar-refractivity contribution is 8.00. The second kappa shape index (κ2) is 10.1. The molecule has 29 heavy (non-hydrogen) atoms. The van der Waals surface area contributed by atoms with Gasteiger partial charge in [0.1, 0.15) is 22.4 Å². The normalized spacial score (nSPS) is 10.7. The third-order valence-corrected chi connectivity index (χ3v) is 5.11. The van der Waals surface area contributed by atoms with E-state index >= 15 is 0 Å². The largest absolute Gasteiger partial charge is 0.497 e. The van der Waals surface area contributed by atoms with E-state index in [0.717, 1.165) is 22.6 Å². The van der Waals surface area contributed by atoms with E-state index in [-0.39, 0.29) is 17.5 Å². The summed E-state index contributed by atoms with van der Waals surface area (Å²) in [6, 6.07) is 13.7. The molecule has 0 aliphatic heterocycles. The summed E-state index contributed by atoms with van der Waals surface area (Å²) in [6.07, 6.45) is 0. The van der Waals surface area contributed by atoms with Gasteiger partial charge in [0.15, 0.2) is 0 Å². The summed E-state index contributed by atoms with van der Waals surface area (Å²) in [5, 5.41) is 3.46. The summed E-state index contributed by atoms with van der Waals surface area (Å²) in [5.41, 5.74) is 2.41. The minimum absolute atomic E-state index is 0.105. The van der Waals surface area contributed by atoms with Crippen molar-refractivity contribution in [1.82, 2.24) is 15.3 Å². The Labute approximate surface area is 172 Å². The third-order valence-electron chi connectivity index (χ3n) is 4.14. The molecule has 2 aromatic carbocycles. The van der Waals surface area contributed by atoms with Crippen molar-refractivity contribution < 1.29 is 18.7 Å². The van der Waals surface area contributed by atoms with Crippen LogP contribution in [-0.4, -0.2) is 49.0 Å². The van der Waals surface area contributed by atoms with Gasteiger partial charge in [0.2, 0.25) is 5.91 Å². The average Bonchev–Trinajstić information content (AvgIpc) is 3.17. The maximum absolute atomic E-state index is 13.3. The van der Waals surface area contributed by atoms with Crippen LogP contribution in [0.1, 0.15) is 0 Å². The number of methoxy groups -OCH3 is 2. The quantitative estimate of drug-likeness (QED) is 0.411. The Bertz CT molecular complexity index is 943. The molecule has 8 heteroatoms. The lowest BCUT2D eigenvalue weighted by molar-refractivity contribution is -0.118. The predicted molar refractivity (Wildman–Crippen MR) is 112 cm³/mol. The molecule has 0 saturated carbocycles. The van der Waals surface area contributed by atoms with Gasteiger partial charge in [-0.15, -0.1) is 0 Å². The van der Waals surface area contributed by atoms with Crippen molar-refractivity contribution in [3.05, 3.63) is 54.3 Å². The number of rotatable bonds is 9. The van der Waals surface area contributed by atoms with Crippen LogP contribution in [0.15, 0.2) is 53.6 Å². The summed E-state index contributed by atoms with van der Waals surface area (Å²) >= 11 is 1.32. The van der Waals surface area contributed by atoms with E-state index < -0.39 is 0 Å². The number of carbonyl (C=O) groups excluding carboxylic acids is 1. The van der Waals surface area contributed by atoms with E-state index in [0.29, 0.717) is 24.0 Å². The number of hydrogen-bond donors (Lipinski definition) is 2. The number of nitrogens with zero attached hydrogens (tertiary/aromatic N) is 1. The van der Waals surface area contributed by atoms with Gasteiger partial charge in [-0.25, -0.2) is 9.37 Å². The van der Waals surface area contributed by atoms with Gasteiger partial charge < -0.3 is 19.8 Å². The summed E-state index contributed by atoms with van der Waals surface area (Å²) in [6.45, 7) is 0.916. The average molecular weight is 415 g/mol. The minimum Gasteiger partial charge on any atom is -0.497 e. The number of aromatic nitrogens is 2. The molecule has 6 nitrogen and oxygen atoms in total. The molecule has 0 saturated heterocycles. The zero-order chi connectivity index (χ0) is 20.6. The first-order valence-corrected chi connectivity index (χ1v) is 9.98. The number of thioether (sulfide) groups is 1. The number of nitrogens with one attached hydrogen (secondary N) is 2. The van der Waals surface area contributed by atoms with E-state index in [1.165, 1.54) is 23.9 Å². The number of amides is 1. The SMILES string of the molecule is COCCNC(=O)CSc1nc(-c2ccc(OC)cc2)[nH]c1-c1ccc(F)cc1. The van der Waals surface area contributed by atoms with E-state index in [1.807, 2.05) is 24.3 Å². The maximum atomic E-state index is 13.3. The molecule has 0 unspecified atom stereocenters. The topological polar surface area (TPSA) is 76.2 Å². The van der Waals surface area contributed by atoms with Gasteiger partial charge in [0.25, 0.3) is 0 Å². The minimum atomic E-state index is -0.310. The number of carbonyl (C=O) groups is 1. The number of halogens is 1. The van der Waals surface area contributed by atoms with E-state index in [9.17, 15) is 9.18 Å². The summed E-state index contributed by atoms with van der Waals surface area (Å²) in [4.78, 5) is 20.0. The summed E-state index contributed by atoms with van der Waals surface area (Å²) in [7, 11) is 3.20. The van der Waals surface area contributed by atoms with Crippen molar-refractivity contribution in [1.29, 1.82) is 0 Å². The number of benzene rings is 2. The lowest BCUT2D eigenvalue weighted by Crippen LogP contribution is -2.28. The number of ether oxygens (including phenoxy) is 2.